The monoisotopic (exact) mass is 285 g/mol. The average molecular weight is 285 g/mol. The molecular formula is C17H19NO3. The summed E-state index contributed by atoms with van der Waals surface area (Å²) in [6.45, 7) is 4.12. The maximum Gasteiger partial charge on any atom is 0.357 e. The van der Waals surface area contributed by atoms with Crippen molar-refractivity contribution in [1.29, 1.82) is 0 Å². The number of benzene rings is 1. The molecule has 0 atom stereocenters. The first-order chi connectivity index (χ1) is 10.1. The third-order valence-corrected chi connectivity index (χ3v) is 2.76. The van der Waals surface area contributed by atoms with Crippen LogP contribution in [0.4, 0.5) is 0 Å². The Morgan fingerprint density at radius 1 is 1.10 bits per heavy atom. The molecule has 0 amide bonds. The standard InChI is InChI=1S/C17H19NO3/c1-13(2)21-17(19)15-9-6-10-16(18-15)20-12-11-14-7-4-3-5-8-14/h3-10,13H,11-12H2,1-2H3. The van der Waals surface area contributed by atoms with Gasteiger partial charge in [0.15, 0.2) is 5.69 Å². The molecule has 1 heterocycles. The largest absolute Gasteiger partial charge is 0.477 e. The smallest absolute Gasteiger partial charge is 0.357 e. The highest BCUT2D eigenvalue weighted by molar-refractivity contribution is 5.87. The number of esters is 1. The van der Waals surface area contributed by atoms with Gasteiger partial charge in [0.1, 0.15) is 0 Å². The highest BCUT2D eigenvalue weighted by Crippen LogP contribution is 2.10. The van der Waals surface area contributed by atoms with Crippen LogP contribution in [-0.2, 0) is 11.2 Å². The molecule has 0 saturated heterocycles. The van der Waals surface area contributed by atoms with E-state index in [4.69, 9.17) is 9.47 Å². The van der Waals surface area contributed by atoms with E-state index >= 15 is 0 Å². The van der Waals surface area contributed by atoms with Crippen molar-refractivity contribution in [3.63, 3.8) is 0 Å². The topological polar surface area (TPSA) is 48.4 Å². The predicted molar refractivity (Wildman–Crippen MR) is 80.4 cm³/mol. The normalized spacial score (nSPS) is 10.4. The Labute approximate surface area is 124 Å². The first kappa shape index (κ1) is 15.0. The number of nitrogens with zero attached hydrogens (tertiary/aromatic N) is 1. The van der Waals surface area contributed by atoms with Gasteiger partial charge in [-0.1, -0.05) is 36.4 Å². The molecule has 0 unspecified atom stereocenters. The zero-order valence-electron chi connectivity index (χ0n) is 12.3. The molecule has 21 heavy (non-hydrogen) atoms. The minimum Gasteiger partial charge on any atom is -0.477 e. The van der Waals surface area contributed by atoms with E-state index in [1.807, 2.05) is 30.3 Å². The number of carbonyl (C=O) groups excluding carboxylic acids is 1. The number of carbonyl (C=O) groups is 1. The second-order valence-electron chi connectivity index (χ2n) is 4.90. The third kappa shape index (κ3) is 4.91. The fourth-order valence-electron chi connectivity index (χ4n) is 1.80. The van der Waals surface area contributed by atoms with Crippen molar-refractivity contribution < 1.29 is 14.3 Å². The van der Waals surface area contributed by atoms with Crippen molar-refractivity contribution in [2.75, 3.05) is 6.61 Å². The van der Waals surface area contributed by atoms with Crippen LogP contribution < -0.4 is 4.74 Å². The summed E-state index contributed by atoms with van der Waals surface area (Å²) >= 11 is 0. The lowest BCUT2D eigenvalue weighted by Crippen LogP contribution is -2.13. The summed E-state index contributed by atoms with van der Waals surface area (Å²) in [7, 11) is 0. The Kier molecular flexibility index (Phi) is 5.32. The molecule has 4 nitrogen and oxygen atoms in total. The average Bonchev–Trinajstić information content (AvgIpc) is 2.48. The molecule has 1 aromatic carbocycles. The van der Waals surface area contributed by atoms with E-state index in [1.54, 1.807) is 32.0 Å². The Balaban J connectivity index is 1.90. The molecule has 0 radical (unpaired) electrons. The fraction of sp³-hybridized carbons (Fsp3) is 0.294. The SMILES string of the molecule is CC(C)OC(=O)c1cccc(OCCc2ccccc2)n1. The quantitative estimate of drug-likeness (QED) is 0.764. The minimum absolute atomic E-state index is 0.165. The van der Waals surface area contributed by atoms with Gasteiger partial charge < -0.3 is 9.47 Å². The van der Waals surface area contributed by atoms with E-state index in [1.165, 1.54) is 5.56 Å². The molecule has 110 valence electrons. The number of rotatable bonds is 6. The number of ether oxygens (including phenoxy) is 2. The van der Waals surface area contributed by atoms with Crippen molar-refractivity contribution in [1.82, 2.24) is 4.98 Å². The highest BCUT2D eigenvalue weighted by atomic mass is 16.5. The van der Waals surface area contributed by atoms with E-state index in [2.05, 4.69) is 4.98 Å². The Hall–Kier alpha value is -2.36. The Bertz CT molecular complexity index is 582. The highest BCUT2D eigenvalue weighted by Gasteiger charge is 2.11. The van der Waals surface area contributed by atoms with Crippen molar-refractivity contribution in [3.8, 4) is 5.88 Å². The summed E-state index contributed by atoms with van der Waals surface area (Å²) < 4.78 is 10.7. The number of hydrogen-bond donors (Lipinski definition) is 0. The van der Waals surface area contributed by atoms with E-state index < -0.39 is 5.97 Å². The first-order valence-corrected chi connectivity index (χ1v) is 7.00. The summed E-state index contributed by atoms with van der Waals surface area (Å²) in [5.41, 5.74) is 1.47. The molecule has 0 aliphatic rings. The van der Waals surface area contributed by atoms with Gasteiger partial charge >= 0.3 is 5.97 Å². The minimum atomic E-state index is -0.432. The lowest BCUT2D eigenvalue weighted by Gasteiger charge is -2.09. The molecule has 0 spiro atoms. The van der Waals surface area contributed by atoms with E-state index in [0.29, 0.717) is 12.5 Å². The molecule has 1 aromatic heterocycles. The summed E-state index contributed by atoms with van der Waals surface area (Å²) in [6, 6.07) is 15.2. The van der Waals surface area contributed by atoms with Crippen LogP contribution in [0.15, 0.2) is 48.5 Å². The second-order valence-corrected chi connectivity index (χ2v) is 4.90. The van der Waals surface area contributed by atoms with Gasteiger partial charge in [0.25, 0.3) is 0 Å². The summed E-state index contributed by atoms with van der Waals surface area (Å²) in [4.78, 5) is 15.9. The number of hydrogen-bond acceptors (Lipinski definition) is 4. The van der Waals surface area contributed by atoms with Crippen LogP contribution in [0.2, 0.25) is 0 Å². The van der Waals surface area contributed by atoms with Crippen LogP contribution in [0.5, 0.6) is 5.88 Å². The van der Waals surface area contributed by atoms with Gasteiger partial charge in [-0.3, -0.25) is 0 Å². The zero-order chi connectivity index (χ0) is 15.1. The molecule has 2 aromatic rings. The lowest BCUT2D eigenvalue weighted by atomic mass is 10.2. The van der Waals surface area contributed by atoms with Gasteiger partial charge in [0.05, 0.1) is 12.7 Å². The molecule has 4 heteroatoms. The molecule has 0 aliphatic heterocycles. The van der Waals surface area contributed by atoms with Gasteiger partial charge in [-0.2, -0.15) is 0 Å². The van der Waals surface area contributed by atoms with Crippen molar-refractivity contribution in [3.05, 3.63) is 59.8 Å². The van der Waals surface area contributed by atoms with E-state index in [0.717, 1.165) is 6.42 Å². The molecule has 0 bridgehead atoms. The van der Waals surface area contributed by atoms with E-state index in [-0.39, 0.29) is 11.8 Å². The molecule has 0 fully saturated rings. The van der Waals surface area contributed by atoms with Gasteiger partial charge in [-0.15, -0.1) is 0 Å². The first-order valence-electron chi connectivity index (χ1n) is 7.00. The maximum absolute atomic E-state index is 11.8. The van der Waals surface area contributed by atoms with Crippen LogP contribution in [-0.4, -0.2) is 23.7 Å². The van der Waals surface area contributed by atoms with Crippen LogP contribution in [0.1, 0.15) is 29.9 Å². The van der Waals surface area contributed by atoms with Gasteiger partial charge in [0.2, 0.25) is 5.88 Å². The molecule has 2 rings (SSSR count). The molecular weight excluding hydrogens is 266 g/mol. The van der Waals surface area contributed by atoms with Crippen molar-refractivity contribution >= 4 is 5.97 Å². The lowest BCUT2D eigenvalue weighted by molar-refractivity contribution is 0.0369. The van der Waals surface area contributed by atoms with Gasteiger partial charge in [-0.05, 0) is 25.5 Å². The predicted octanol–water partition coefficient (Wildman–Crippen LogP) is 3.27. The van der Waals surface area contributed by atoms with Crippen molar-refractivity contribution in [2.45, 2.75) is 26.4 Å². The zero-order valence-corrected chi connectivity index (χ0v) is 12.3. The van der Waals surface area contributed by atoms with Gasteiger partial charge in [0, 0.05) is 12.5 Å². The summed E-state index contributed by atoms with van der Waals surface area (Å²) in [6.07, 6.45) is 0.630. The fourth-order valence-corrected chi connectivity index (χ4v) is 1.80. The van der Waals surface area contributed by atoms with Gasteiger partial charge in [-0.25, -0.2) is 9.78 Å². The van der Waals surface area contributed by atoms with E-state index in [9.17, 15) is 4.79 Å². The van der Waals surface area contributed by atoms with Crippen LogP contribution in [0.3, 0.4) is 0 Å². The summed E-state index contributed by atoms with van der Waals surface area (Å²) in [5.74, 6) is 0.00245. The van der Waals surface area contributed by atoms with Crippen LogP contribution in [0.25, 0.3) is 0 Å². The molecule has 0 saturated carbocycles. The Morgan fingerprint density at radius 2 is 1.86 bits per heavy atom. The third-order valence-electron chi connectivity index (χ3n) is 2.76. The summed E-state index contributed by atoms with van der Waals surface area (Å²) in [5, 5.41) is 0. The molecule has 0 aliphatic carbocycles. The Morgan fingerprint density at radius 3 is 2.57 bits per heavy atom. The van der Waals surface area contributed by atoms with Crippen molar-refractivity contribution in [2.24, 2.45) is 0 Å². The molecule has 0 N–H and O–H groups in total. The number of pyridine rings is 1. The number of aromatic nitrogens is 1. The van der Waals surface area contributed by atoms with Crippen LogP contribution >= 0.6 is 0 Å². The van der Waals surface area contributed by atoms with Crippen LogP contribution in [0, 0.1) is 0 Å². The maximum atomic E-state index is 11.8. The second kappa shape index (κ2) is 7.43.